The second-order valence-electron chi connectivity index (χ2n) is 6.50. The minimum absolute atomic E-state index is 0.656. The Hall–Kier alpha value is -1.60. The van der Waals surface area contributed by atoms with Crippen LogP contribution >= 0.6 is 0 Å². The summed E-state index contributed by atoms with van der Waals surface area (Å²) in [6.45, 7) is 2.47. The summed E-state index contributed by atoms with van der Waals surface area (Å²) < 4.78 is 0. The van der Waals surface area contributed by atoms with E-state index in [1.165, 1.54) is 44.3 Å². The summed E-state index contributed by atoms with van der Waals surface area (Å²) >= 11 is 0. The van der Waals surface area contributed by atoms with E-state index >= 15 is 0 Å². The summed E-state index contributed by atoms with van der Waals surface area (Å²) in [5.74, 6) is 0.722. The summed E-state index contributed by atoms with van der Waals surface area (Å²) in [6.07, 6.45) is 5.25. The van der Waals surface area contributed by atoms with Crippen LogP contribution in [0, 0.1) is 0 Å². The van der Waals surface area contributed by atoms with Crippen LogP contribution in [-0.4, -0.2) is 18.0 Å². The molecule has 2 atom stereocenters. The van der Waals surface area contributed by atoms with Crippen molar-refractivity contribution in [2.24, 2.45) is 0 Å². The van der Waals surface area contributed by atoms with Crippen LogP contribution in [0.4, 0.5) is 0 Å². The molecule has 1 fully saturated rings. The Bertz CT molecular complexity index is 604. The molecule has 21 heavy (non-hydrogen) atoms. The highest BCUT2D eigenvalue weighted by atomic mass is 15.2. The van der Waals surface area contributed by atoms with Gasteiger partial charge in [0.25, 0.3) is 0 Å². The second kappa shape index (κ2) is 5.65. The molecule has 2 aromatic carbocycles. The molecule has 0 saturated carbocycles. The Morgan fingerprint density at radius 1 is 0.857 bits per heavy atom. The first-order valence-corrected chi connectivity index (χ1v) is 8.28. The molecular formula is C20H23N. The average Bonchev–Trinajstić information content (AvgIpc) is 3.05. The molecule has 2 aliphatic rings. The van der Waals surface area contributed by atoms with Gasteiger partial charge in [0, 0.05) is 12.6 Å². The number of fused-ring (bicyclic) bond motifs is 1. The van der Waals surface area contributed by atoms with Gasteiger partial charge in [-0.2, -0.15) is 0 Å². The maximum absolute atomic E-state index is 2.73. The molecule has 0 amide bonds. The minimum Gasteiger partial charge on any atom is -0.296 e. The highest BCUT2D eigenvalue weighted by molar-refractivity contribution is 5.33. The zero-order chi connectivity index (χ0) is 14.1. The fourth-order valence-electron chi connectivity index (χ4n) is 4.18. The number of rotatable bonds is 2. The van der Waals surface area contributed by atoms with E-state index in [0.29, 0.717) is 6.04 Å². The largest absolute Gasteiger partial charge is 0.296 e. The first-order valence-electron chi connectivity index (χ1n) is 8.28. The smallest absolute Gasteiger partial charge is 0.0351 e. The Morgan fingerprint density at radius 2 is 1.67 bits per heavy atom. The predicted molar refractivity (Wildman–Crippen MR) is 87.5 cm³/mol. The molecule has 108 valence electrons. The Balaban J connectivity index is 1.54. The van der Waals surface area contributed by atoms with Crippen LogP contribution in [0.1, 0.15) is 47.9 Å². The number of hydrogen-bond acceptors (Lipinski definition) is 1. The summed E-state index contributed by atoms with van der Waals surface area (Å²) in [6, 6.07) is 20.8. The molecule has 1 aliphatic heterocycles. The number of aryl methyl sites for hydroxylation is 1. The van der Waals surface area contributed by atoms with Crippen molar-refractivity contribution < 1.29 is 0 Å². The average molecular weight is 277 g/mol. The number of benzene rings is 2. The lowest BCUT2D eigenvalue weighted by molar-refractivity contribution is 0.219. The Labute approximate surface area is 127 Å². The lowest BCUT2D eigenvalue weighted by Crippen LogP contribution is -2.29. The van der Waals surface area contributed by atoms with Crippen LogP contribution in [0.25, 0.3) is 0 Å². The number of likely N-dealkylation sites (tertiary alicyclic amines) is 1. The fourth-order valence-corrected chi connectivity index (χ4v) is 4.18. The molecular weight excluding hydrogens is 254 g/mol. The molecule has 1 heteroatoms. The van der Waals surface area contributed by atoms with Gasteiger partial charge >= 0.3 is 0 Å². The van der Waals surface area contributed by atoms with Crippen molar-refractivity contribution in [2.75, 3.05) is 13.1 Å². The summed E-state index contributed by atoms with van der Waals surface area (Å²) in [4.78, 5) is 2.73. The first kappa shape index (κ1) is 13.1. The minimum atomic E-state index is 0.656. The molecule has 1 heterocycles. The van der Waals surface area contributed by atoms with E-state index in [9.17, 15) is 0 Å². The first-order chi connectivity index (χ1) is 10.4. The van der Waals surface area contributed by atoms with Gasteiger partial charge in [-0.3, -0.25) is 4.90 Å². The summed E-state index contributed by atoms with van der Waals surface area (Å²) in [5.41, 5.74) is 4.69. The third-order valence-electron chi connectivity index (χ3n) is 5.27. The molecule has 0 N–H and O–H groups in total. The van der Waals surface area contributed by atoms with E-state index in [2.05, 4.69) is 59.5 Å². The Morgan fingerprint density at radius 3 is 2.57 bits per heavy atom. The molecule has 1 saturated heterocycles. The topological polar surface area (TPSA) is 3.24 Å². The van der Waals surface area contributed by atoms with Gasteiger partial charge in [0.1, 0.15) is 0 Å². The lowest BCUT2D eigenvalue weighted by atomic mass is 9.87. The van der Waals surface area contributed by atoms with Crippen LogP contribution in [0.3, 0.4) is 0 Å². The van der Waals surface area contributed by atoms with Crippen LogP contribution in [0.5, 0.6) is 0 Å². The normalized spacial score (nSPS) is 25.7. The maximum atomic E-state index is 2.73. The monoisotopic (exact) mass is 277 g/mol. The summed E-state index contributed by atoms with van der Waals surface area (Å²) in [7, 11) is 0. The van der Waals surface area contributed by atoms with E-state index < -0.39 is 0 Å². The molecule has 0 spiro atoms. The zero-order valence-corrected chi connectivity index (χ0v) is 12.5. The highest BCUT2D eigenvalue weighted by Crippen LogP contribution is 2.39. The van der Waals surface area contributed by atoms with E-state index in [-0.39, 0.29) is 0 Å². The van der Waals surface area contributed by atoms with Gasteiger partial charge in [0.2, 0.25) is 0 Å². The van der Waals surface area contributed by atoms with Crippen molar-refractivity contribution in [1.82, 2.24) is 4.90 Å². The van der Waals surface area contributed by atoms with Crippen molar-refractivity contribution >= 4 is 0 Å². The van der Waals surface area contributed by atoms with Gasteiger partial charge < -0.3 is 0 Å². The quantitative estimate of drug-likeness (QED) is 0.778. The van der Waals surface area contributed by atoms with Crippen LogP contribution in [0.15, 0.2) is 54.6 Å². The standard InChI is InChI=1S/C20H23N/c1-2-7-16(8-3-1)18-13-14-21(15-18)20-12-6-10-17-9-4-5-11-19(17)20/h1-5,7-9,11,18,20H,6,10,12-15H2/t18-,20-/m0/s1. The second-order valence-corrected chi connectivity index (χ2v) is 6.50. The third-order valence-corrected chi connectivity index (χ3v) is 5.27. The van der Waals surface area contributed by atoms with Crippen molar-refractivity contribution in [3.8, 4) is 0 Å². The molecule has 1 aliphatic carbocycles. The van der Waals surface area contributed by atoms with E-state index in [1.54, 1.807) is 11.1 Å². The van der Waals surface area contributed by atoms with Crippen LogP contribution < -0.4 is 0 Å². The van der Waals surface area contributed by atoms with Crippen molar-refractivity contribution in [3.05, 3.63) is 71.3 Å². The van der Waals surface area contributed by atoms with Crippen LogP contribution in [0.2, 0.25) is 0 Å². The van der Waals surface area contributed by atoms with Crippen molar-refractivity contribution in [2.45, 2.75) is 37.6 Å². The number of hydrogen-bond donors (Lipinski definition) is 0. The molecule has 0 bridgehead atoms. The van der Waals surface area contributed by atoms with E-state index in [4.69, 9.17) is 0 Å². The van der Waals surface area contributed by atoms with E-state index in [1.807, 2.05) is 0 Å². The molecule has 4 rings (SSSR count). The Kier molecular flexibility index (Phi) is 3.52. The van der Waals surface area contributed by atoms with Gasteiger partial charge in [0.05, 0.1) is 0 Å². The zero-order valence-electron chi connectivity index (χ0n) is 12.5. The molecule has 0 unspecified atom stereocenters. The van der Waals surface area contributed by atoms with Gasteiger partial charge in [-0.05, 0) is 54.8 Å². The number of nitrogens with zero attached hydrogens (tertiary/aromatic N) is 1. The molecule has 2 aromatic rings. The summed E-state index contributed by atoms with van der Waals surface area (Å²) in [5, 5.41) is 0. The van der Waals surface area contributed by atoms with Crippen LogP contribution in [-0.2, 0) is 6.42 Å². The van der Waals surface area contributed by atoms with Gasteiger partial charge in [0.15, 0.2) is 0 Å². The third kappa shape index (κ3) is 2.51. The molecule has 0 radical (unpaired) electrons. The van der Waals surface area contributed by atoms with Crippen molar-refractivity contribution in [1.29, 1.82) is 0 Å². The van der Waals surface area contributed by atoms with Crippen molar-refractivity contribution in [3.63, 3.8) is 0 Å². The SMILES string of the molecule is c1ccc([C@H]2CCN([C@H]3CCCc4ccccc43)C2)cc1. The molecule has 0 aromatic heterocycles. The fraction of sp³-hybridized carbons (Fsp3) is 0.400. The van der Waals surface area contributed by atoms with E-state index in [0.717, 1.165) is 5.92 Å². The predicted octanol–water partition coefficient (Wildman–Crippen LogP) is 4.55. The lowest BCUT2D eigenvalue weighted by Gasteiger charge is -2.33. The highest BCUT2D eigenvalue weighted by Gasteiger charge is 2.31. The van der Waals surface area contributed by atoms with Gasteiger partial charge in [-0.15, -0.1) is 0 Å². The van der Waals surface area contributed by atoms with Gasteiger partial charge in [-0.1, -0.05) is 54.6 Å². The van der Waals surface area contributed by atoms with Gasteiger partial charge in [-0.25, -0.2) is 0 Å². The molecule has 1 nitrogen and oxygen atoms in total. The maximum Gasteiger partial charge on any atom is 0.0351 e.